The number of nitrogens with one attached hydrogen (secondary N) is 2. The number of amides is 2. The van der Waals surface area contributed by atoms with Crippen molar-refractivity contribution in [3.8, 4) is 0 Å². The number of benzene rings is 1. The van der Waals surface area contributed by atoms with Crippen LogP contribution in [0, 0.1) is 6.92 Å². The van der Waals surface area contributed by atoms with Crippen LogP contribution in [-0.4, -0.2) is 42.9 Å². The highest BCUT2D eigenvalue weighted by molar-refractivity contribution is 7.10. The second-order valence-corrected chi connectivity index (χ2v) is 8.38. The Morgan fingerprint density at radius 3 is 2.55 bits per heavy atom. The van der Waals surface area contributed by atoms with Gasteiger partial charge in [0.05, 0.1) is 0 Å². The first kappa shape index (κ1) is 21.3. The number of thiophene rings is 1. The van der Waals surface area contributed by atoms with Crippen LogP contribution in [0.1, 0.15) is 46.5 Å². The molecule has 1 aliphatic rings. The Bertz CT molecular complexity index is 822. The molecule has 2 aromatic rings. The lowest BCUT2D eigenvalue weighted by Gasteiger charge is -2.26. The fourth-order valence-corrected chi connectivity index (χ4v) is 4.01. The normalized spacial score (nSPS) is 15.1. The van der Waals surface area contributed by atoms with Gasteiger partial charge in [-0.25, -0.2) is 0 Å². The first-order valence-electron chi connectivity index (χ1n) is 10.3. The predicted octanol–water partition coefficient (Wildman–Crippen LogP) is 3.82. The second kappa shape index (κ2) is 10.9. The molecule has 0 aliphatic carbocycles. The number of hydrogen-bond acceptors (Lipinski definition) is 4. The van der Waals surface area contributed by atoms with E-state index in [2.05, 4.69) is 15.5 Å². The van der Waals surface area contributed by atoms with E-state index < -0.39 is 0 Å². The van der Waals surface area contributed by atoms with Crippen molar-refractivity contribution in [2.75, 3.05) is 26.2 Å². The van der Waals surface area contributed by atoms with Gasteiger partial charge in [-0.3, -0.25) is 9.59 Å². The van der Waals surface area contributed by atoms with Crippen molar-refractivity contribution < 1.29 is 9.59 Å². The average molecular weight is 412 g/mol. The molecule has 0 bridgehead atoms. The highest BCUT2D eigenvalue weighted by Crippen LogP contribution is 2.13. The van der Waals surface area contributed by atoms with Crippen LogP contribution < -0.4 is 10.6 Å². The van der Waals surface area contributed by atoms with Crippen LogP contribution in [0.5, 0.6) is 0 Å². The van der Waals surface area contributed by atoms with E-state index in [1.807, 2.05) is 36.6 Å². The summed E-state index contributed by atoms with van der Waals surface area (Å²) in [5.41, 5.74) is 1.89. The zero-order chi connectivity index (χ0) is 20.5. The molecule has 1 fully saturated rings. The molecule has 0 unspecified atom stereocenters. The van der Waals surface area contributed by atoms with E-state index >= 15 is 0 Å². The molecule has 3 rings (SSSR count). The van der Waals surface area contributed by atoms with Crippen molar-refractivity contribution in [2.24, 2.45) is 0 Å². The highest BCUT2D eigenvalue weighted by atomic mass is 32.1. The van der Waals surface area contributed by atoms with Crippen LogP contribution in [0.25, 0.3) is 6.08 Å². The Kier molecular flexibility index (Phi) is 8.02. The molecule has 0 atom stereocenters. The number of carbonyl (C=O) groups is 2. The first-order chi connectivity index (χ1) is 14.1. The zero-order valence-electron chi connectivity index (χ0n) is 16.9. The quantitative estimate of drug-likeness (QED) is 0.513. The van der Waals surface area contributed by atoms with E-state index in [4.69, 9.17) is 0 Å². The number of nitrogens with zero attached hydrogens (tertiary/aromatic N) is 1. The molecule has 5 nitrogen and oxygen atoms in total. The Labute approximate surface area is 176 Å². The molecule has 6 heteroatoms. The summed E-state index contributed by atoms with van der Waals surface area (Å²) in [5, 5.41) is 7.69. The standard InChI is InChI=1S/C23H29N3O2S/c1-18-8-10-19(11-9-18)22(27)25-21(17-20-7-5-16-29-20)23(28)24-12-6-15-26-13-3-2-4-14-26/h5,7-11,16-17H,2-4,6,12-15H2,1H3,(H,24,28)(H,25,27)/b21-17-. The molecule has 0 spiro atoms. The maximum atomic E-state index is 12.7. The van der Waals surface area contributed by atoms with Crippen molar-refractivity contribution in [2.45, 2.75) is 32.6 Å². The third-order valence-corrected chi connectivity index (χ3v) is 5.84. The monoisotopic (exact) mass is 411 g/mol. The average Bonchev–Trinajstić information content (AvgIpc) is 3.25. The number of hydrogen-bond donors (Lipinski definition) is 2. The van der Waals surface area contributed by atoms with Crippen molar-refractivity contribution in [1.29, 1.82) is 0 Å². The van der Waals surface area contributed by atoms with Gasteiger partial charge < -0.3 is 15.5 Å². The third kappa shape index (κ3) is 6.84. The number of piperidine rings is 1. The summed E-state index contributed by atoms with van der Waals surface area (Å²) < 4.78 is 0. The molecule has 2 amide bonds. The summed E-state index contributed by atoms with van der Waals surface area (Å²) in [5.74, 6) is -0.534. The number of aryl methyl sites for hydroxylation is 1. The predicted molar refractivity (Wildman–Crippen MR) is 119 cm³/mol. The summed E-state index contributed by atoms with van der Waals surface area (Å²) in [6.45, 7) is 5.88. The van der Waals surface area contributed by atoms with Gasteiger partial charge in [-0.15, -0.1) is 11.3 Å². The Balaban J connectivity index is 1.58. The summed E-state index contributed by atoms with van der Waals surface area (Å²) in [6, 6.07) is 11.2. The van der Waals surface area contributed by atoms with Gasteiger partial charge in [-0.2, -0.15) is 0 Å². The van der Waals surface area contributed by atoms with Gasteiger partial charge in [0.25, 0.3) is 11.8 Å². The lowest BCUT2D eigenvalue weighted by molar-refractivity contribution is -0.117. The number of rotatable bonds is 8. The van der Waals surface area contributed by atoms with Crippen molar-refractivity contribution in [3.05, 3.63) is 63.5 Å². The molecule has 2 N–H and O–H groups in total. The van der Waals surface area contributed by atoms with Crippen LogP contribution in [0.4, 0.5) is 0 Å². The van der Waals surface area contributed by atoms with E-state index in [0.717, 1.165) is 36.5 Å². The molecule has 154 valence electrons. The smallest absolute Gasteiger partial charge is 0.267 e. The Morgan fingerprint density at radius 2 is 1.86 bits per heavy atom. The van der Waals surface area contributed by atoms with E-state index in [9.17, 15) is 9.59 Å². The third-order valence-electron chi connectivity index (χ3n) is 5.02. The van der Waals surface area contributed by atoms with Gasteiger partial charge in [0.2, 0.25) is 0 Å². The minimum atomic E-state index is -0.281. The number of carbonyl (C=O) groups excluding carboxylic acids is 2. The van der Waals surface area contributed by atoms with Gasteiger partial charge in [0.15, 0.2) is 0 Å². The fraction of sp³-hybridized carbons (Fsp3) is 0.391. The first-order valence-corrected chi connectivity index (χ1v) is 11.1. The van der Waals surface area contributed by atoms with Crippen molar-refractivity contribution in [3.63, 3.8) is 0 Å². The summed E-state index contributed by atoms with van der Waals surface area (Å²) in [6.07, 6.45) is 6.50. The topological polar surface area (TPSA) is 61.4 Å². The van der Waals surface area contributed by atoms with Gasteiger partial charge in [-0.1, -0.05) is 30.2 Å². The van der Waals surface area contributed by atoms with Gasteiger partial charge in [-0.05, 0) is 75.5 Å². The molecule has 0 saturated carbocycles. The van der Waals surface area contributed by atoms with Crippen LogP contribution in [-0.2, 0) is 4.79 Å². The Hall–Kier alpha value is -2.44. The highest BCUT2D eigenvalue weighted by Gasteiger charge is 2.15. The zero-order valence-corrected chi connectivity index (χ0v) is 17.8. The Morgan fingerprint density at radius 1 is 1.10 bits per heavy atom. The molecule has 29 heavy (non-hydrogen) atoms. The molecule has 2 heterocycles. The SMILES string of the molecule is Cc1ccc(C(=O)N/C(=C\c2cccs2)C(=O)NCCCN2CCCCC2)cc1. The second-order valence-electron chi connectivity index (χ2n) is 7.41. The number of likely N-dealkylation sites (tertiary alicyclic amines) is 1. The fourth-order valence-electron chi connectivity index (χ4n) is 3.36. The molecule has 1 aliphatic heterocycles. The maximum absolute atomic E-state index is 12.7. The van der Waals surface area contributed by atoms with Gasteiger partial charge in [0.1, 0.15) is 5.70 Å². The van der Waals surface area contributed by atoms with Gasteiger partial charge >= 0.3 is 0 Å². The lowest BCUT2D eigenvalue weighted by atomic mass is 10.1. The maximum Gasteiger partial charge on any atom is 0.267 e. The van der Waals surface area contributed by atoms with Crippen LogP contribution in [0.2, 0.25) is 0 Å². The summed E-state index contributed by atoms with van der Waals surface area (Å²) in [7, 11) is 0. The van der Waals surface area contributed by atoms with E-state index in [1.165, 1.54) is 30.6 Å². The van der Waals surface area contributed by atoms with Gasteiger partial charge in [0, 0.05) is 17.0 Å². The van der Waals surface area contributed by atoms with Crippen LogP contribution in [0.15, 0.2) is 47.5 Å². The molecule has 1 aromatic heterocycles. The molecule has 0 radical (unpaired) electrons. The molecule has 1 saturated heterocycles. The van der Waals surface area contributed by atoms with Crippen LogP contribution >= 0.6 is 11.3 Å². The van der Waals surface area contributed by atoms with Crippen molar-refractivity contribution in [1.82, 2.24) is 15.5 Å². The summed E-state index contributed by atoms with van der Waals surface area (Å²) in [4.78, 5) is 28.7. The molecule has 1 aromatic carbocycles. The van der Waals surface area contributed by atoms with E-state index in [-0.39, 0.29) is 17.5 Å². The van der Waals surface area contributed by atoms with Crippen molar-refractivity contribution >= 4 is 29.2 Å². The molecular weight excluding hydrogens is 382 g/mol. The minimum absolute atomic E-state index is 0.252. The minimum Gasteiger partial charge on any atom is -0.351 e. The summed E-state index contributed by atoms with van der Waals surface area (Å²) >= 11 is 1.53. The lowest BCUT2D eigenvalue weighted by Crippen LogP contribution is -2.37. The van der Waals surface area contributed by atoms with Crippen LogP contribution in [0.3, 0.4) is 0 Å². The van der Waals surface area contributed by atoms with E-state index in [1.54, 1.807) is 18.2 Å². The largest absolute Gasteiger partial charge is 0.351 e. The molecular formula is C23H29N3O2S. The van der Waals surface area contributed by atoms with E-state index in [0.29, 0.717) is 12.1 Å².